The number of aliphatic hydroxyl groups is 1. The number of aromatic nitrogens is 2. The normalized spacial score (nSPS) is 31.7. The zero-order valence-electron chi connectivity index (χ0n) is 12.4. The van der Waals surface area contributed by atoms with Gasteiger partial charge in [0.15, 0.2) is 0 Å². The van der Waals surface area contributed by atoms with E-state index in [1.54, 1.807) is 0 Å². The molecule has 19 heavy (non-hydrogen) atoms. The van der Waals surface area contributed by atoms with E-state index in [2.05, 4.69) is 41.8 Å². The van der Waals surface area contributed by atoms with Gasteiger partial charge in [0.2, 0.25) is 0 Å². The second kappa shape index (κ2) is 5.57. The van der Waals surface area contributed by atoms with Crippen molar-refractivity contribution in [1.29, 1.82) is 0 Å². The highest BCUT2D eigenvalue weighted by Gasteiger charge is 2.40. The molecule has 1 fully saturated rings. The number of hydrogen-bond donors (Lipinski definition) is 1. The Morgan fingerprint density at radius 3 is 2.74 bits per heavy atom. The molecule has 108 valence electrons. The molecule has 3 nitrogen and oxygen atoms in total. The van der Waals surface area contributed by atoms with E-state index in [4.69, 9.17) is 0 Å². The molecule has 0 radical (unpaired) electrons. The maximum atomic E-state index is 11.1. The molecule has 0 bridgehead atoms. The van der Waals surface area contributed by atoms with Crippen LogP contribution in [0.5, 0.6) is 0 Å². The topological polar surface area (TPSA) is 38.0 Å². The van der Waals surface area contributed by atoms with Gasteiger partial charge in [0.25, 0.3) is 0 Å². The van der Waals surface area contributed by atoms with Crippen molar-refractivity contribution < 1.29 is 5.11 Å². The van der Waals surface area contributed by atoms with Crippen LogP contribution in [0.25, 0.3) is 0 Å². The van der Waals surface area contributed by atoms with Gasteiger partial charge in [-0.3, -0.25) is 4.68 Å². The summed E-state index contributed by atoms with van der Waals surface area (Å²) >= 11 is 3.63. The van der Waals surface area contributed by atoms with E-state index in [0.717, 1.165) is 35.2 Å². The molecule has 4 heteroatoms. The molecule has 2 rings (SSSR count). The van der Waals surface area contributed by atoms with Crippen LogP contribution in [0, 0.1) is 18.8 Å². The fourth-order valence-corrected chi connectivity index (χ4v) is 3.71. The third kappa shape index (κ3) is 2.89. The van der Waals surface area contributed by atoms with Gasteiger partial charge in [-0.1, -0.05) is 20.3 Å². The van der Waals surface area contributed by atoms with Gasteiger partial charge in [-0.05, 0) is 54.5 Å². The molecule has 0 spiro atoms. The van der Waals surface area contributed by atoms with Crippen LogP contribution >= 0.6 is 15.9 Å². The third-order valence-corrected chi connectivity index (χ3v) is 5.67. The summed E-state index contributed by atoms with van der Waals surface area (Å²) in [5.41, 5.74) is 1.57. The third-order valence-electron chi connectivity index (χ3n) is 4.64. The molecule has 1 aliphatic rings. The molecule has 3 atom stereocenters. The smallest absolute Gasteiger partial charge is 0.0738 e. The summed E-state index contributed by atoms with van der Waals surface area (Å²) in [5, 5.41) is 15.6. The van der Waals surface area contributed by atoms with Crippen LogP contribution in [0.2, 0.25) is 0 Å². The van der Waals surface area contributed by atoms with Crippen LogP contribution in [0.4, 0.5) is 0 Å². The molecular formula is C15H25BrN2O. The van der Waals surface area contributed by atoms with E-state index in [-0.39, 0.29) is 0 Å². The van der Waals surface area contributed by atoms with Crippen molar-refractivity contribution in [3.8, 4) is 0 Å². The summed E-state index contributed by atoms with van der Waals surface area (Å²) in [6.45, 7) is 9.38. The minimum Gasteiger partial charge on any atom is -0.389 e. The average molecular weight is 329 g/mol. The first-order valence-electron chi connectivity index (χ1n) is 7.31. The van der Waals surface area contributed by atoms with Crippen molar-refractivity contribution in [2.75, 3.05) is 0 Å². The minimum atomic E-state index is -0.584. The molecule has 1 saturated carbocycles. The number of hydrogen-bond acceptors (Lipinski definition) is 2. The van der Waals surface area contributed by atoms with Crippen LogP contribution in [0.1, 0.15) is 51.4 Å². The lowest BCUT2D eigenvalue weighted by Gasteiger charge is -2.41. The van der Waals surface area contributed by atoms with Gasteiger partial charge < -0.3 is 5.11 Å². The molecule has 0 amide bonds. The van der Waals surface area contributed by atoms with Gasteiger partial charge in [0.1, 0.15) is 0 Å². The van der Waals surface area contributed by atoms with E-state index >= 15 is 0 Å². The minimum absolute atomic E-state index is 0.358. The lowest BCUT2D eigenvalue weighted by molar-refractivity contribution is -0.0574. The number of halogens is 1. The van der Waals surface area contributed by atoms with E-state index in [1.165, 1.54) is 6.42 Å². The van der Waals surface area contributed by atoms with Gasteiger partial charge >= 0.3 is 0 Å². The van der Waals surface area contributed by atoms with Crippen molar-refractivity contribution in [1.82, 2.24) is 9.78 Å². The molecule has 1 heterocycles. The molecule has 0 aromatic carbocycles. The Morgan fingerprint density at radius 2 is 2.11 bits per heavy atom. The second-order valence-electron chi connectivity index (χ2n) is 6.23. The maximum Gasteiger partial charge on any atom is 0.0738 e. The van der Waals surface area contributed by atoms with Gasteiger partial charge in [-0.15, -0.1) is 0 Å². The van der Waals surface area contributed by atoms with Gasteiger partial charge in [0.05, 0.1) is 21.5 Å². The van der Waals surface area contributed by atoms with Crippen LogP contribution < -0.4 is 0 Å². The maximum absolute atomic E-state index is 11.1. The Hall–Kier alpha value is -0.350. The lowest BCUT2D eigenvalue weighted by atomic mass is 9.70. The molecule has 1 aromatic rings. The lowest BCUT2D eigenvalue weighted by Crippen LogP contribution is -2.44. The SMILES string of the molecule is CCn1nc(C)c(Br)c1CC1(O)CC(C)CCC1C. The Labute approximate surface area is 124 Å². The number of rotatable bonds is 3. The Kier molecular flexibility index (Phi) is 4.41. The highest BCUT2D eigenvalue weighted by atomic mass is 79.9. The van der Waals surface area contributed by atoms with E-state index < -0.39 is 5.60 Å². The molecule has 1 aromatic heterocycles. The quantitative estimate of drug-likeness (QED) is 0.918. The predicted molar refractivity (Wildman–Crippen MR) is 81.2 cm³/mol. The van der Waals surface area contributed by atoms with Crippen LogP contribution in [-0.4, -0.2) is 20.5 Å². The highest BCUT2D eigenvalue weighted by Crippen LogP contribution is 2.40. The Morgan fingerprint density at radius 1 is 1.42 bits per heavy atom. The number of nitrogens with zero attached hydrogens (tertiary/aromatic N) is 2. The second-order valence-corrected chi connectivity index (χ2v) is 7.02. The first-order chi connectivity index (χ1) is 8.87. The number of aryl methyl sites for hydroxylation is 2. The largest absolute Gasteiger partial charge is 0.389 e. The highest BCUT2D eigenvalue weighted by molar-refractivity contribution is 9.10. The molecule has 0 saturated heterocycles. The summed E-state index contributed by atoms with van der Waals surface area (Å²) in [6.07, 6.45) is 3.95. The van der Waals surface area contributed by atoms with Crippen molar-refractivity contribution in [3.05, 3.63) is 15.9 Å². The zero-order valence-corrected chi connectivity index (χ0v) is 14.0. The fraction of sp³-hybridized carbons (Fsp3) is 0.800. The molecule has 1 N–H and O–H groups in total. The van der Waals surface area contributed by atoms with Crippen LogP contribution in [0.15, 0.2) is 4.47 Å². The Balaban J connectivity index is 2.28. The zero-order chi connectivity index (χ0) is 14.2. The molecule has 0 aliphatic heterocycles. The van der Waals surface area contributed by atoms with Gasteiger partial charge in [-0.2, -0.15) is 5.10 Å². The first kappa shape index (κ1) is 15.0. The molecule has 3 unspecified atom stereocenters. The van der Waals surface area contributed by atoms with Crippen molar-refractivity contribution in [2.45, 2.75) is 65.5 Å². The fourth-order valence-electron chi connectivity index (χ4n) is 3.28. The van der Waals surface area contributed by atoms with Crippen molar-refractivity contribution >= 4 is 15.9 Å². The first-order valence-corrected chi connectivity index (χ1v) is 8.10. The van der Waals surface area contributed by atoms with E-state index in [0.29, 0.717) is 18.3 Å². The average Bonchev–Trinajstić information content (AvgIpc) is 2.62. The monoisotopic (exact) mass is 328 g/mol. The Bertz CT molecular complexity index is 457. The molecular weight excluding hydrogens is 304 g/mol. The van der Waals surface area contributed by atoms with Gasteiger partial charge in [0, 0.05) is 13.0 Å². The summed E-state index contributed by atoms with van der Waals surface area (Å²) in [6, 6.07) is 0. The van der Waals surface area contributed by atoms with Crippen LogP contribution in [0.3, 0.4) is 0 Å². The molecule has 1 aliphatic carbocycles. The summed E-state index contributed by atoms with van der Waals surface area (Å²) in [7, 11) is 0. The predicted octanol–water partition coefficient (Wildman–Crippen LogP) is 3.70. The van der Waals surface area contributed by atoms with Gasteiger partial charge in [-0.25, -0.2) is 0 Å². The standard InChI is InChI=1S/C15H25BrN2O/c1-5-18-13(14(16)12(4)17-18)9-15(19)8-10(2)6-7-11(15)3/h10-11,19H,5-9H2,1-4H3. The summed E-state index contributed by atoms with van der Waals surface area (Å²) in [5.74, 6) is 0.968. The summed E-state index contributed by atoms with van der Waals surface area (Å²) < 4.78 is 3.08. The van der Waals surface area contributed by atoms with Crippen molar-refractivity contribution in [2.24, 2.45) is 11.8 Å². The van der Waals surface area contributed by atoms with Crippen LogP contribution in [-0.2, 0) is 13.0 Å². The summed E-state index contributed by atoms with van der Waals surface area (Å²) in [4.78, 5) is 0. The van der Waals surface area contributed by atoms with E-state index in [1.807, 2.05) is 11.6 Å². The van der Waals surface area contributed by atoms with E-state index in [9.17, 15) is 5.11 Å². The van der Waals surface area contributed by atoms with Crippen molar-refractivity contribution in [3.63, 3.8) is 0 Å².